The number of esters is 1. The zero-order valence-corrected chi connectivity index (χ0v) is 26.9. The predicted octanol–water partition coefficient (Wildman–Crippen LogP) is 7.06. The molecule has 0 radical (unpaired) electrons. The van der Waals surface area contributed by atoms with E-state index in [0.29, 0.717) is 24.8 Å². The Kier molecular flexibility index (Phi) is 19.9. The van der Waals surface area contributed by atoms with Gasteiger partial charge in [-0.1, -0.05) is 103 Å². The maximum Gasteiger partial charge on any atom is 0.334 e. The smallest absolute Gasteiger partial charge is 0.334 e. The fourth-order valence-corrected chi connectivity index (χ4v) is 6.40. The number of unbranched alkanes of at least 4 members (excludes halogenated alkanes) is 13. The van der Waals surface area contributed by atoms with Crippen molar-refractivity contribution in [3.05, 3.63) is 11.6 Å². The first-order chi connectivity index (χ1) is 20.3. The molecule has 4 N–H and O–H groups in total. The maximum atomic E-state index is 11.7. The van der Waals surface area contributed by atoms with Crippen molar-refractivity contribution in [3.63, 3.8) is 0 Å². The summed E-state index contributed by atoms with van der Waals surface area (Å²) in [6, 6.07) is 0. The van der Waals surface area contributed by atoms with Crippen molar-refractivity contribution in [2.45, 2.75) is 204 Å². The van der Waals surface area contributed by atoms with Crippen LogP contribution in [0.1, 0.15) is 162 Å². The topological polar surface area (TPSA) is 116 Å². The zero-order valence-electron chi connectivity index (χ0n) is 26.9. The minimum absolute atomic E-state index is 0.0194. The van der Waals surface area contributed by atoms with Gasteiger partial charge in [0.05, 0.1) is 36.6 Å². The van der Waals surface area contributed by atoms with Gasteiger partial charge in [-0.05, 0) is 57.9 Å². The summed E-state index contributed by atoms with van der Waals surface area (Å²) in [6.07, 6.45) is 22.7. The SMILES string of the molecule is CCCCCCCCCCCCCC[C@H](O)[C@@H]1CC[C@@H](CCCCC[C@@H](O)[C@H](O)CC[C@@H](O)CC2=C[C@H](C)OC2=O)O1. The zero-order chi connectivity index (χ0) is 30.6. The van der Waals surface area contributed by atoms with E-state index in [2.05, 4.69) is 6.92 Å². The number of aliphatic hydroxyl groups excluding tert-OH is 4. The standard InChI is InChI=1S/C35H64O7/c1-3-4-5-6-7-8-9-10-11-12-13-16-20-33(39)34-24-22-30(42-34)18-15-14-17-19-31(37)32(38)23-21-29(36)26-28-25-27(2)41-35(28)40/h25,27,29-34,36-39H,3-24,26H2,1-2H3/t27-,29+,30+,31+,32+,33-,34-/m0/s1. The fourth-order valence-electron chi connectivity index (χ4n) is 6.40. The van der Waals surface area contributed by atoms with Gasteiger partial charge in [-0.15, -0.1) is 0 Å². The van der Waals surface area contributed by atoms with Gasteiger partial charge in [-0.2, -0.15) is 0 Å². The van der Waals surface area contributed by atoms with Gasteiger partial charge in [0, 0.05) is 12.0 Å². The first kappa shape index (κ1) is 37.2. The van der Waals surface area contributed by atoms with E-state index in [1.165, 1.54) is 70.6 Å². The molecule has 0 amide bonds. The summed E-state index contributed by atoms with van der Waals surface area (Å²) < 4.78 is 11.2. The third-order valence-electron chi connectivity index (χ3n) is 9.14. The molecule has 2 aliphatic heterocycles. The van der Waals surface area contributed by atoms with Crippen LogP contribution in [-0.2, 0) is 14.3 Å². The molecule has 7 nitrogen and oxygen atoms in total. The van der Waals surface area contributed by atoms with Crippen LogP contribution < -0.4 is 0 Å². The van der Waals surface area contributed by atoms with E-state index in [1.807, 2.05) is 0 Å². The maximum absolute atomic E-state index is 11.7. The molecule has 2 aliphatic rings. The normalized spacial score (nSPS) is 23.5. The van der Waals surface area contributed by atoms with Gasteiger partial charge in [-0.25, -0.2) is 4.79 Å². The first-order valence-electron chi connectivity index (χ1n) is 17.6. The average Bonchev–Trinajstić information content (AvgIpc) is 3.57. The lowest BCUT2D eigenvalue weighted by atomic mass is 9.97. The van der Waals surface area contributed by atoms with Gasteiger partial charge < -0.3 is 29.9 Å². The molecule has 246 valence electrons. The highest BCUT2D eigenvalue weighted by molar-refractivity contribution is 5.90. The van der Waals surface area contributed by atoms with E-state index in [4.69, 9.17) is 9.47 Å². The Labute approximate surface area is 256 Å². The molecular weight excluding hydrogens is 532 g/mol. The molecule has 0 aromatic carbocycles. The van der Waals surface area contributed by atoms with Crippen LogP contribution in [0, 0.1) is 0 Å². The number of carbonyl (C=O) groups is 1. The molecule has 1 fully saturated rings. The Bertz CT molecular complexity index is 726. The second-order valence-corrected chi connectivity index (χ2v) is 13.1. The first-order valence-corrected chi connectivity index (χ1v) is 17.6. The van der Waals surface area contributed by atoms with Gasteiger partial charge >= 0.3 is 5.97 Å². The van der Waals surface area contributed by atoms with Crippen LogP contribution in [0.4, 0.5) is 0 Å². The third-order valence-corrected chi connectivity index (χ3v) is 9.14. The Morgan fingerprint density at radius 3 is 1.93 bits per heavy atom. The number of ether oxygens (including phenoxy) is 2. The van der Waals surface area contributed by atoms with E-state index in [-0.39, 0.29) is 36.8 Å². The van der Waals surface area contributed by atoms with E-state index in [1.54, 1.807) is 13.0 Å². The van der Waals surface area contributed by atoms with E-state index in [0.717, 1.165) is 51.4 Å². The van der Waals surface area contributed by atoms with Gasteiger partial charge in [0.1, 0.15) is 6.10 Å². The fraction of sp³-hybridized carbons (Fsp3) is 0.914. The number of cyclic esters (lactones) is 1. The Balaban J connectivity index is 1.41. The summed E-state index contributed by atoms with van der Waals surface area (Å²) in [4.78, 5) is 11.7. The van der Waals surface area contributed by atoms with Crippen molar-refractivity contribution in [3.8, 4) is 0 Å². The van der Waals surface area contributed by atoms with Crippen LogP contribution in [-0.4, -0.2) is 69.1 Å². The average molecular weight is 597 g/mol. The molecule has 7 atom stereocenters. The largest absolute Gasteiger partial charge is 0.455 e. The Hall–Kier alpha value is -0.990. The quantitative estimate of drug-likeness (QED) is 0.0624. The number of rotatable bonds is 26. The summed E-state index contributed by atoms with van der Waals surface area (Å²) in [6.45, 7) is 4.05. The molecule has 2 rings (SSSR count). The van der Waals surface area contributed by atoms with Crippen LogP contribution in [0.5, 0.6) is 0 Å². The molecule has 0 bridgehead atoms. The van der Waals surface area contributed by atoms with Crippen LogP contribution in [0.25, 0.3) is 0 Å². The summed E-state index contributed by atoms with van der Waals surface area (Å²) in [7, 11) is 0. The molecule has 0 spiro atoms. The number of hydrogen-bond acceptors (Lipinski definition) is 7. The van der Waals surface area contributed by atoms with E-state index >= 15 is 0 Å². The number of aliphatic hydroxyl groups is 4. The Morgan fingerprint density at radius 1 is 0.738 bits per heavy atom. The molecule has 0 aromatic rings. The van der Waals surface area contributed by atoms with E-state index in [9.17, 15) is 25.2 Å². The highest BCUT2D eigenvalue weighted by Crippen LogP contribution is 2.28. The molecule has 0 saturated carbocycles. The van der Waals surface area contributed by atoms with Crippen molar-refractivity contribution < 1.29 is 34.7 Å². The molecule has 0 aromatic heterocycles. The monoisotopic (exact) mass is 596 g/mol. The molecule has 1 saturated heterocycles. The summed E-state index contributed by atoms with van der Waals surface area (Å²) in [5, 5.41) is 41.4. The molecule has 2 heterocycles. The van der Waals surface area contributed by atoms with Gasteiger partial charge in [-0.3, -0.25) is 0 Å². The second-order valence-electron chi connectivity index (χ2n) is 13.1. The molecule has 7 heteroatoms. The van der Waals surface area contributed by atoms with Crippen LogP contribution in [0.2, 0.25) is 0 Å². The molecule has 42 heavy (non-hydrogen) atoms. The lowest BCUT2D eigenvalue weighted by Crippen LogP contribution is -2.27. The van der Waals surface area contributed by atoms with Gasteiger partial charge in [0.15, 0.2) is 0 Å². The summed E-state index contributed by atoms with van der Waals surface area (Å²) in [5.41, 5.74) is 0.483. The minimum Gasteiger partial charge on any atom is -0.455 e. The van der Waals surface area contributed by atoms with Crippen LogP contribution in [0.3, 0.4) is 0 Å². The third kappa shape index (κ3) is 16.2. The molecular formula is C35H64O7. The van der Waals surface area contributed by atoms with Gasteiger partial charge in [0.25, 0.3) is 0 Å². The van der Waals surface area contributed by atoms with Crippen molar-refractivity contribution in [1.82, 2.24) is 0 Å². The van der Waals surface area contributed by atoms with Gasteiger partial charge in [0.2, 0.25) is 0 Å². The predicted molar refractivity (Wildman–Crippen MR) is 168 cm³/mol. The Morgan fingerprint density at radius 2 is 1.31 bits per heavy atom. The van der Waals surface area contributed by atoms with Crippen LogP contribution in [0.15, 0.2) is 11.6 Å². The van der Waals surface area contributed by atoms with E-state index < -0.39 is 18.3 Å². The highest BCUT2D eigenvalue weighted by atomic mass is 16.5. The number of hydrogen-bond donors (Lipinski definition) is 4. The molecule has 0 aliphatic carbocycles. The minimum atomic E-state index is -0.881. The molecule has 0 unspecified atom stereocenters. The van der Waals surface area contributed by atoms with Crippen LogP contribution >= 0.6 is 0 Å². The van der Waals surface area contributed by atoms with Crippen molar-refractivity contribution in [2.75, 3.05) is 0 Å². The highest BCUT2D eigenvalue weighted by Gasteiger charge is 2.30. The number of carbonyl (C=O) groups excluding carboxylic acids is 1. The summed E-state index contributed by atoms with van der Waals surface area (Å²) in [5.74, 6) is -0.383. The lowest BCUT2D eigenvalue weighted by molar-refractivity contribution is -0.139. The van der Waals surface area contributed by atoms with Crippen molar-refractivity contribution in [1.29, 1.82) is 0 Å². The van der Waals surface area contributed by atoms with Crippen molar-refractivity contribution >= 4 is 5.97 Å². The van der Waals surface area contributed by atoms with Crippen molar-refractivity contribution in [2.24, 2.45) is 0 Å². The lowest BCUT2D eigenvalue weighted by Gasteiger charge is -2.20. The second kappa shape index (κ2) is 22.5. The summed E-state index contributed by atoms with van der Waals surface area (Å²) >= 11 is 0.